The number of aromatic nitrogens is 1. The van der Waals surface area contributed by atoms with Gasteiger partial charge in [0.05, 0.1) is 11.6 Å². The predicted molar refractivity (Wildman–Crippen MR) is 112 cm³/mol. The quantitative estimate of drug-likeness (QED) is 0.424. The van der Waals surface area contributed by atoms with Crippen LogP contribution in [0.3, 0.4) is 0 Å². The van der Waals surface area contributed by atoms with Crippen LogP contribution >= 0.6 is 0 Å². The van der Waals surface area contributed by atoms with Gasteiger partial charge in [0.1, 0.15) is 6.07 Å². The van der Waals surface area contributed by atoms with Crippen LogP contribution < -0.4 is 10.9 Å². The number of phenolic OH excluding ortho intramolecular Hbond substituents is 1. The monoisotopic (exact) mass is 461 g/mol. The molecular weight excluding hydrogens is 442 g/mol. The third kappa shape index (κ3) is 3.31. The van der Waals surface area contributed by atoms with Gasteiger partial charge in [-0.15, -0.1) is 0 Å². The van der Waals surface area contributed by atoms with E-state index in [1.54, 1.807) is 0 Å². The van der Waals surface area contributed by atoms with E-state index in [0.717, 1.165) is 6.07 Å². The van der Waals surface area contributed by atoms with Gasteiger partial charge < -0.3 is 20.5 Å². The van der Waals surface area contributed by atoms with Crippen LogP contribution in [0.5, 0.6) is 5.75 Å². The molecule has 0 bridgehead atoms. The predicted octanol–water partition coefficient (Wildman–Crippen LogP) is 4.37. The van der Waals surface area contributed by atoms with E-state index in [1.165, 1.54) is 50.4 Å². The minimum absolute atomic E-state index is 0.110. The first kappa shape index (κ1) is 22.6. The molecule has 0 saturated carbocycles. The molecule has 0 saturated heterocycles. The fourth-order valence-electron chi connectivity index (χ4n) is 4.77. The fraction of sp³-hybridized carbons (Fsp3) is 0.304. The van der Waals surface area contributed by atoms with Crippen LogP contribution in [-0.4, -0.2) is 27.0 Å². The summed E-state index contributed by atoms with van der Waals surface area (Å²) in [6.07, 6.45) is -4.68. The summed E-state index contributed by atoms with van der Waals surface area (Å²) in [6.45, 7) is 2.70. The number of aromatic amines is 1. The maximum atomic E-state index is 14.6. The molecule has 0 spiro atoms. The summed E-state index contributed by atoms with van der Waals surface area (Å²) in [5.74, 6) is -2.17. The molecule has 172 valence electrons. The number of anilines is 1. The Bertz CT molecular complexity index is 1370. The molecule has 4 N–H and O–H groups in total. The van der Waals surface area contributed by atoms with E-state index in [-0.39, 0.29) is 22.2 Å². The fourth-order valence-corrected chi connectivity index (χ4v) is 4.77. The second-order valence-electron chi connectivity index (χ2n) is 8.80. The zero-order chi connectivity index (χ0) is 24.3. The van der Waals surface area contributed by atoms with Crippen LogP contribution in [0.4, 0.5) is 23.2 Å². The molecule has 0 radical (unpaired) electrons. The highest BCUT2D eigenvalue weighted by Crippen LogP contribution is 2.57. The molecule has 0 aliphatic heterocycles. The van der Waals surface area contributed by atoms with E-state index in [9.17, 15) is 37.8 Å². The lowest BCUT2D eigenvalue weighted by atomic mass is 9.63. The lowest BCUT2D eigenvalue weighted by Crippen LogP contribution is -2.58. The number of hydrogen-bond donors (Lipinski definition) is 4. The number of benzene rings is 2. The number of alkyl halides is 3. The average Bonchev–Trinajstić information content (AvgIpc) is 2.72. The van der Waals surface area contributed by atoms with Crippen molar-refractivity contribution in [3.8, 4) is 11.8 Å². The van der Waals surface area contributed by atoms with Gasteiger partial charge in [0.2, 0.25) is 0 Å². The molecule has 2 unspecified atom stereocenters. The number of pyridine rings is 1. The first-order valence-electron chi connectivity index (χ1n) is 9.94. The highest BCUT2D eigenvalue weighted by molar-refractivity contribution is 5.93. The summed E-state index contributed by atoms with van der Waals surface area (Å²) in [5, 5.41) is 34.0. The largest absolute Gasteiger partial charge is 0.505 e. The summed E-state index contributed by atoms with van der Waals surface area (Å²) >= 11 is 0. The highest BCUT2D eigenvalue weighted by atomic mass is 19.4. The molecule has 0 amide bonds. The molecular formula is C23H19F4N3O3. The third-order valence-corrected chi connectivity index (χ3v) is 6.17. The van der Waals surface area contributed by atoms with E-state index in [0.29, 0.717) is 5.39 Å². The molecule has 1 aliphatic carbocycles. The van der Waals surface area contributed by atoms with Gasteiger partial charge in [0.15, 0.2) is 17.2 Å². The third-order valence-electron chi connectivity index (χ3n) is 6.17. The number of nitriles is 1. The molecule has 33 heavy (non-hydrogen) atoms. The van der Waals surface area contributed by atoms with Crippen molar-refractivity contribution in [1.82, 2.24) is 4.98 Å². The van der Waals surface area contributed by atoms with Gasteiger partial charge in [0.25, 0.3) is 5.56 Å². The molecule has 4 rings (SSSR count). The summed E-state index contributed by atoms with van der Waals surface area (Å²) in [4.78, 5) is 14.6. The summed E-state index contributed by atoms with van der Waals surface area (Å²) < 4.78 is 57.5. The molecule has 2 aromatic carbocycles. The standard InChI is InChI=1S/C23H19F4N3O3/c1-21(2)10-22(33,23(25,26)27)19(14-8-11(9-28)17(24)18(31)16(14)21)30-15-5-3-4-13-12(15)6-7-29-20(13)32/h3-8,19,30-31,33H,10H2,1-2H3,(H,29,32). The molecule has 1 aliphatic rings. The van der Waals surface area contributed by atoms with Crippen LogP contribution in [0.15, 0.2) is 41.3 Å². The Kier molecular flexibility index (Phi) is 4.94. The molecule has 3 aromatic rings. The molecule has 1 heterocycles. The SMILES string of the molecule is CC1(C)CC(O)(C(F)(F)F)C(Nc2cccc3c(=O)[nH]ccc23)c2cc(C#N)c(F)c(O)c21. The van der Waals surface area contributed by atoms with Gasteiger partial charge in [-0.05, 0) is 41.7 Å². The van der Waals surface area contributed by atoms with Crippen LogP contribution in [0.2, 0.25) is 0 Å². The Balaban J connectivity index is 2.03. The Morgan fingerprint density at radius 3 is 2.58 bits per heavy atom. The number of nitrogens with zero attached hydrogens (tertiary/aromatic N) is 1. The molecule has 10 heteroatoms. The van der Waals surface area contributed by atoms with Crippen molar-refractivity contribution in [3.63, 3.8) is 0 Å². The Hall–Kier alpha value is -3.58. The van der Waals surface area contributed by atoms with E-state index in [1.807, 2.05) is 0 Å². The molecule has 2 atom stereocenters. The van der Waals surface area contributed by atoms with Crippen molar-refractivity contribution in [3.05, 3.63) is 69.4 Å². The number of H-pyrrole nitrogens is 1. The summed E-state index contributed by atoms with van der Waals surface area (Å²) in [7, 11) is 0. The number of nitrogens with one attached hydrogen (secondary N) is 2. The smallest absolute Gasteiger partial charge is 0.419 e. The van der Waals surface area contributed by atoms with Gasteiger partial charge in [-0.25, -0.2) is 4.39 Å². The van der Waals surface area contributed by atoms with Gasteiger partial charge >= 0.3 is 6.18 Å². The van der Waals surface area contributed by atoms with E-state index < -0.39 is 52.3 Å². The number of hydrogen-bond acceptors (Lipinski definition) is 5. The second kappa shape index (κ2) is 7.22. The normalized spacial score (nSPS) is 21.9. The maximum Gasteiger partial charge on any atom is 0.419 e. The van der Waals surface area contributed by atoms with Crippen molar-refractivity contribution >= 4 is 16.5 Å². The number of aliphatic hydroxyl groups is 1. The summed E-state index contributed by atoms with van der Waals surface area (Å²) in [5.41, 5.74) is -6.24. The van der Waals surface area contributed by atoms with Crippen LogP contribution in [0, 0.1) is 17.1 Å². The van der Waals surface area contributed by atoms with Crippen LogP contribution in [0.1, 0.15) is 43.0 Å². The van der Waals surface area contributed by atoms with Crippen molar-refractivity contribution in [2.45, 2.75) is 43.5 Å². The van der Waals surface area contributed by atoms with E-state index in [4.69, 9.17) is 0 Å². The Morgan fingerprint density at radius 2 is 1.94 bits per heavy atom. The van der Waals surface area contributed by atoms with E-state index in [2.05, 4.69) is 10.3 Å². The maximum absolute atomic E-state index is 14.6. The molecule has 6 nitrogen and oxygen atoms in total. The van der Waals surface area contributed by atoms with Crippen molar-refractivity contribution in [2.75, 3.05) is 5.32 Å². The van der Waals surface area contributed by atoms with Gasteiger partial charge in [0, 0.05) is 28.2 Å². The van der Waals surface area contributed by atoms with Crippen LogP contribution in [0.25, 0.3) is 10.8 Å². The zero-order valence-corrected chi connectivity index (χ0v) is 17.5. The van der Waals surface area contributed by atoms with E-state index >= 15 is 0 Å². The Labute approximate surface area is 185 Å². The minimum Gasteiger partial charge on any atom is -0.505 e. The van der Waals surface area contributed by atoms with Crippen molar-refractivity contribution in [2.24, 2.45) is 0 Å². The highest BCUT2D eigenvalue weighted by Gasteiger charge is 2.64. The van der Waals surface area contributed by atoms with Gasteiger partial charge in [-0.3, -0.25) is 4.79 Å². The second-order valence-corrected chi connectivity index (χ2v) is 8.80. The first-order chi connectivity index (χ1) is 15.3. The zero-order valence-electron chi connectivity index (χ0n) is 17.5. The molecule has 1 aromatic heterocycles. The minimum atomic E-state index is -5.13. The number of rotatable bonds is 2. The number of halogens is 4. The van der Waals surface area contributed by atoms with Gasteiger partial charge in [-0.1, -0.05) is 19.9 Å². The lowest BCUT2D eigenvalue weighted by Gasteiger charge is -2.49. The topological polar surface area (TPSA) is 109 Å². The van der Waals surface area contributed by atoms with Crippen molar-refractivity contribution in [1.29, 1.82) is 5.26 Å². The number of phenols is 1. The number of fused-ring (bicyclic) bond motifs is 2. The lowest BCUT2D eigenvalue weighted by molar-refractivity contribution is -0.276. The molecule has 0 fully saturated rings. The average molecular weight is 461 g/mol. The Morgan fingerprint density at radius 1 is 1.24 bits per heavy atom. The van der Waals surface area contributed by atoms with Crippen LogP contribution in [-0.2, 0) is 5.41 Å². The van der Waals surface area contributed by atoms with Gasteiger partial charge in [-0.2, -0.15) is 18.4 Å². The number of aromatic hydroxyl groups is 1. The van der Waals surface area contributed by atoms with Crippen molar-refractivity contribution < 1.29 is 27.8 Å². The summed E-state index contributed by atoms with van der Waals surface area (Å²) in [6, 6.07) is 6.41. The first-order valence-corrected chi connectivity index (χ1v) is 9.94.